The van der Waals surface area contributed by atoms with Gasteiger partial charge in [0.2, 0.25) is 0 Å². The van der Waals surface area contributed by atoms with E-state index in [1.807, 2.05) is 0 Å². The highest BCUT2D eigenvalue weighted by atomic mass is 16.4. The molecule has 0 aliphatic heterocycles. The van der Waals surface area contributed by atoms with E-state index in [2.05, 4.69) is 0 Å². The SMILES string of the molecule is CC(O)C(=O)O.Oc1c2ccc-2c1O. The molecule has 5 nitrogen and oxygen atoms in total. The minimum atomic E-state index is -1.23. The van der Waals surface area contributed by atoms with Crippen LogP contribution in [0.3, 0.4) is 0 Å². The zero-order valence-electron chi connectivity index (χ0n) is 7.43. The summed E-state index contributed by atoms with van der Waals surface area (Å²) in [5.41, 5.74) is 1.59. The van der Waals surface area contributed by atoms with Crippen molar-refractivity contribution in [2.45, 2.75) is 13.0 Å². The first-order valence-corrected chi connectivity index (χ1v) is 3.91. The van der Waals surface area contributed by atoms with Crippen LogP contribution in [-0.2, 0) is 4.79 Å². The molecule has 2 aliphatic carbocycles. The van der Waals surface area contributed by atoms with Crippen molar-refractivity contribution in [3.63, 3.8) is 0 Å². The number of aliphatic hydroxyl groups is 1. The summed E-state index contributed by atoms with van der Waals surface area (Å²) in [4.78, 5) is 9.45. The third-order valence-electron chi connectivity index (χ3n) is 1.80. The lowest BCUT2D eigenvalue weighted by atomic mass is 9.90. The van der Waals surface area contributed by atoms with Crippen LogP contribution >= 0.6 is 0 Å². The van der Waals surface area contributed by atoms with Crippen LogP contribution in [0, 0.1) is 0 Å². The van der Waals surface area contributed by atoms with Crippen molar-refractivity contribution in [2.24, 2.45) is 0 Å². The van der Waals surface area contributed by atoms with Crippen molar-refractivity contribution in [1.82, 2.24) is 0 Å². The summed E-state index contributed by atoms with van der Waals surface area (Å²) in [5, 5.41) is 33.2. The van der Waals surface area contributed by atoms with Crippen LogP contribution in [0.1, 0.15) is 6.92 Å². The van der Waals surface area contributed by atoms with Gasteiger partial charge in [-0.1, -0.05) is 0 Å². The molecule has 5 heteroatoms. The molecule has 4 N–H and O–H groups in total. The topological polar surface area (TPSA) is 98.0 Å². The first-order chi connectivity index (χ1) is 6.45. The van der Waals surface area contributed by atoms with E-state index in [0.717, 1.165) is 11.1 Å². The van der Waals surface area contributed by atoms with Gasteiger partial charge in [0.15, 0.2) is 11.5 Å². The molecule has 0 aromatic carbocycles. The molecule has 0 aromatic heterocycles. The number of carboxylic acid groups (broad SMARTS) is 1. The highest BCUT2D eigenvalue weighted by Crippen LogP contribution is 2.53. The molecular weight excluding hydrogens is 188 g/mol. The van der Waals surface area contributed by atoms with E-state index in [9.17, 15) is 4.79 Å². The first-order valence-electron chi connectivity index (χ1n) is 3.91. The lowest BCUT2D eigenvalue weighted by Crippen LogP contribution is -2.13. The summed E-state index contributed by atoms with van der Waals surface area (Å²) >= 11 is 0. The van der Waals surface area contributed by atoms with Gasteiger partial charge in [0.05, 0.1) is 0 Å². The molecule has 0 aromatic rings. The van der Waals surface area contributed by atoms with Gasteiger partial charge in [0.1, 0.15) is 6.10 Å². The zero-order chi connectivity index (χ0) is 10.9. The molecule has 14 heavy (non-hydrogen) atoms. The fourth-order valence-corrected chi connectivity index (χ4v) is 0.856. The maximum absolute atomic E-state index is 9.45. The third kappa shape index (κ3) is 1.62. The second-order valence-corrected chi connectivity index (χ2v) is 2.87. The largest absolute Gasteiger partial charge is 0.504 e. The smallest absolute Gasteiger partial charge is 0.332 e. The number of aliphatic hydroxyl groups excluding tert-OH is 1. The number of aliphatic carboxylic acids is 1. The minimum absolute atomic E-state index is 0.0440. The number of phenolic OH excluding ortho intramolecular Hbond substituents is 2. The van der Waals surface area contributed by atoms with E-state index in [1.165, 1.54) is 6.92 Å². The molecule has 1 unspecified atom stereocenters. The Bertz CT molecular complexity index is 343. The van der Waals surface area contributed by atoms with Gasteiger partial charge in [-0.15, -0.1) is 0 Å². The van der Waals surface area contributed by atoms with Crippen LogP contribution in [0.4, 0.5) is 0 Å². The standard InChI is InChI=1S/C6H4O2.C3H6O3/c7-5-3-1-2-4(3)6(5)8;1-2(4)3(5)6/h1-2,7-8H;2,4H,1H3,(H,5,6). The van der Waals surface area contributed by atoms with Crippen molar-refractivity contribution >= 4 is 5.97 Å². The summed E-state index contributed by atoms with van der Waals surface area (Å²) in [7, 11) is 0. The highest BCUT2D eigenvalue weighted by molar-refractivity contribution is 5.92. The number of rotatable bonds is 1. The number of carboxylic acids is 1. The molecule has 0 radical (unpaired) electrons. The van der Waals surface area contributed by atoms with Gasteiger partial charge in [0.25, 0.3) is 0 Å². The number of benzene rings is 1. The Balaban J connectivity index is 0.000000149. The van der Waals surface area contributed by atoms with E-state index in [1.54, 1.807) is 12.1 Å². The first kappa shape index (κ1) is 10.3. The Morgan fingerprint density at radius 1 is 1.21 bits per heavy atom. The van der Waals surface area contributed by atoms with Crippen molar-refractivity contribution in [3.05, 3.63) is 12.1 Å². The molecule has 0 saturated heterocycles. The normalized spacial score (nSPS) is 12.4. The van der Waals surface area contributed by atoms with Gasteiger partial charge in [0, 0.05) is 11.1 Å². The van der Waals surface area contributed by atoms with Crippen LogP contribution in [0.25, 0.3) is 11.1 Å². The van der Waals surface area contributed by atoms with Gasteiger partial charge < -0.3 is 20.4 Å². The molecule has 0 spiro atoms. The monoisotopic (exact) mass is 198 g/mol. The van der Waals surface area contributed by atoms with Crippen LogP contribution in [0.5, 0.6) is 11.5 Å². The molecule has 2 aliphatic rings. The fraction of sp³-hybridized carbons (Fsp3) is 0.222. The average molecular weight is 198 g/mol. The number of hydrogen-bond acceptors (Lipinski definition) is 4. The number of phenols is 2. The summed E-state index contributed by atoms with van der Waals surface area (Å²) in [6.45, 7) is 1.20. The number of carbonyl (C=O) groups is 1. The van der Waals surface area contributed by atoms with E-state index < -0.39 is 12.1 Å². The fourth-order valence-electron chi connectivity index (χ4n) is 0.856. The second-order valence-electron chi connectivity index (χ2n) is 2.87. The predicted molar refractivity (Wildman–Crippen MR) is 48.1 cm³/mol. The summed E-state index contributed by atoms with van der Waals surface area (Å²) in [6.07, 6.45) is -1.23. The van der Waals surface area contributed by atoms with Gasteiger partial charge in [-0.05, 0) is 19.1 Å². The summed E-state index contributed by atoms with van der Waals surface area (Å²) in [5.74, 6) is -1.10. The van der Waals surface area contributed by atoms with Gasteiger partial charge in [-0.3, -0.25) is 0 Å². The van der Waals surface area contributed by atoms with E-state index in [0.29, 0.717) is 0 Å². The van der Waals surface area contributed by atoms with Gasteiger partial charge >= 0.3 is 5.97 Å². The average Bonchev–Trinajstić information content (AvgIpc) is 2.03. The Labute approximate surface area is 79.9 Å². The summed E-state index contributed by atoms with van der Waals surface area (Å²) in [6, 6.07) is 3.54. The lowest BCUT2D eigenvalue weighted by molar-refractivity contribution is -0.145. The van der Waals surface area contributed by atoms with Gasteiger partial charge in [-0.25, -0.2) is 4.79 Å². The number of aromatic hydroxyl groups is 2. The molecule has 0 fully saturated rings. The van der Waals surface area contributed by atoms with Crippen LogP contribution in [0.15, 0.2) is 12.1 Å². The van der Waals surface area contributed by atoms with E-state index >= 15 is 0 Å². The zero-order valence-corrected chi connectivity index (χ0v) is 7.43. The molecular formula is C9H10O5. The summed E-state index contributed by atoms with van der Waals surface area (Å²) < 4.78 is 0. The molecule has 2 rings (SSSR count). The molecule has 1 atom stereocenters. The predicted octanol–water partition coefficient (Wildman–Crippen LogP) is 0.530. The molecule has 0 bridgehead atoms. The van der Waals surface area contributed by atoms with Crippen LogP contribution in [0.2, 0.25) is 0 Å². The Kier molecular flexibility index (Phi) is 2.62. The number of hydrogen-bond donors (Lipinski definition) is 4. The second kappa shape index (κ2) is 3.55. The Morgan fingerprint density at radius 2 is 1.50 bits per heavy atom. The maximum atomic E-state index is 9.45. The maximum Gasteiger partial charge on any atom is 0.332 e. The number of fused-ring (bicyclic) bond motifs is 1. The van der Waals surface area contributed by atoms with Crippen molar-refractivity contribution < 1.29 is 25.2 Å². The van der Waals surface area contributed by atoms with Crippen molar-refractivity contribution in [2.75, 3.05) is 0 Å². The Morgan fingerprint density at radius 3 is 1.57 bits per heavy atom. The van der Waals surface area contributed by atoms with Gasteiger partial charge in [-0.2, -0.15) is 0 Å². The van der Waals surface area contributed by atoms with Crippen molar-refractivity contribution in [1.29, 1.82) is 0 Å². The molecule has 0 amide bonds. The molecule has 0 saturated carbocycles. The third-order valence-corrected chi connectivity index (χ3v) is 1.80. The van der Waals surface area contributed by atoms with Crippen LogP contribution in [-0.4, -0.2) is 32.5 Å². The lowest BCUT2D eigenvalue weighted by Gasteiger charge is -2.18. The molecule has 76 valence electrons. The minimum Gasteiger partial charge on any atom is -0.504 e. The van der Waals surface area contributed by atoms with Crippen molar-refractivity contribution in [3.8, 4) is 22.6 Å². The van der Waals surface area contributed by atoms with E-state index in [-0.39, 0.29) is 11.5 Å². The highest BCUT2D eigenvalue weighted by Gasteiger charge is 2.24. The Hall–Kier alpha value is -1.75. The van der Waals surface area contributed by atoms with E-state index in [4.69, 9.17) is 20.4 Å². The quantitative estimate of drug-likeness (QED) is 0.501. The van der Waals surface area contributed by atoms with Crippen LogP contribution < -0.4 is 0 Å². The molecule has 0 heterocycles.